The van der Waals surface area contributed by atoms with E-state index in [-0.39, 0.29) is 5.97 Å². The lowest BCUT2D eigenvalue weighted by atomic mass is 10.2. The molecule has 0 bridgehead atoms. The van der Waals surface area contributed by atoms with Crippen LogP contribution in [0.15, 0.2) is 16.7 Å². The van der Waals surface area contributed by atoms with Crippen LogP contribution >= 0.6 is 0 Å². The number of aryl methyl sites for hydroxylation is 2. The first kappa shape index (κ1) is 14.0. The predicted molar refractivity (Wildman–Crippen MR) is 71.5 cm³/mol. The lowest BCUT2D eigenvalue weighted by Gasteiger charge is -2.07. The molecule has 0 unspecified atom stereocenters. The average molecular weight is 276 g/mol. The van der Waals surface area contributed by atoms with Crippen LogP contribution in [0.3, 0.4) is 0 Å². The third-order valence-electron chi connectivity index (χ3n) is 2.72. The van der Waals surface area contributed by atoms with Crippen molar-refractivity contribution in [2.24, 2.45) is 0 Å². The first-order valence-electron chi connectivity index (χ1n) is 6.19. The molecule has 0 atom stereocenters. The summed E-state index contributed by atoms with van der Waals surface area (Å²) in [5.74, 6) is 1.51. The van der Waals surface area contributed by atoms with E-state index in [0.29, 0.717) is 41.8 Å². The smallest absolute Gasteiger partial charge is 0.339 e. The first-order valence-corrected chi connectivity index (χ1v) is 6.19. The van der Waals surface area contributed by atoms with Crippen LogP contribution in [0.5, 0.6) is 0 Å². The molecule has 1 N–H and O–H groups in total. The van der Waals surface area contributed by atoms with Crippen LogP contribution < -0.4 is 5.32 Å². The molecule has 20 heavy (non-hydrogen) atoms. The van der Waals surface area contributed by atoms with Crippen molar-refractivity contribution >= 4 is 11.8 Å². The van der Waals surface area contributed by atoms with Gasteiger partial charge in [0.15, 0.2) is 5.82 Å². The van der Waals surface area contributed by atoms with Crippen LogP contribution in [0.1, 0.15) is 27.8 Å². The van der Waals surface area contributed by atoms with Gasteiger partial charge in [-0.15, -0.1) is 0 Å². The molecule has 2 aromatic rings. The fraction of sp³-hybridized carbons (Fsp3) is 0.385. The molecule has 0 fully saturated rings. The SMILES string of the molecule is COC(=O)c1ccc(NCCc2noc(C)n2)nc1C. The van der Waals surface area contributed by atoms with Crippen LogP contribution in [0.4, 0.5) is 5.82 Å². The molecule has 0 radical (unpaired) electrons. The van der Waals surface area contributed by atoms with E-state index in [1.54, 1.807) is 26.0 Å². The second kappa shape index (κ2) is 6.14. The van der Waals surface area contributed by atoms with Crippen LogP contribution in [0.25, 0.3) is 0 Å². The van der Waals surface area contributed by atoms with Crippen molar-refractivity contribution in [1.29, 1.82) is 0 Å². The van der Waals surface area contributed by atoms with Gasteiger partial charge in [0.2, 0.25) is 5.89 Å². The minimum atomic E-state index is -0.385. The molecule has 0 saturated carbocycles. The standard InChI is InChI=1S/C13H16N4O3/c1-8-10(13(18)19-3)4-5-11(15-8)14-7-6-12-16-9(2)20-17-12/h4-5H,6-7H2,1-3H3,(H,14,15). The third-order valence-corrected chi connectivity index (χ3v) is 2.72. The Balaban J connectivity index is 1.93. The van der Waals surface area contributed by atoms with Crippen LogP contribution in [0.2, 0.25) is 0 Å². The number of pyridine rings is 1. The van der Waals surface area contributed by atoms with E-state index in [0.717, 1.165) is 0 Å². The molecule has 2 heterocycles. The maximum Gasteiger partial charge on any atom is 0.339 e. The van der Waals surface area contributed by atoms with E-state index in [9.17, 15) is 4.79 Å². The average Bonchev–Trinajstić information content (AvgIpc) is 2.84. The van der Waals surface area contributed by atoms with Crippen molar-refractivity contribution in [3.63, 3.8) is 0 Å². The van der Waals surface area contributed by atoms with Crippen molar-refractivity contribution in [2.45, 2.75) is 20.3 Å². The topological polar surface area (TPSA) is 90.1 Å². The number of hydrogen-bond donors (Lipinski definition) is 1. The highest BCUT2D eigenvalue weighted by Crippen LogP contribution is 2.11. The quantitative estimate of drug-likeness (QED) is 0.828. The fourth-order valence-corrected chi connectivity index (χ4v) is 1.73. The van der Waals surface area contributed by atoms with Gasteiger partial charge in [-0.25, -0.2) is 9.78 Å². The number of nitrogens with zero attached hydrogens (tertiary/aromatic N) is 3. The molecule has 0 aliphatic rings. The van der Waals surface area contributed by atoms with Crippen molar-refractivity contribution in [1.82, 2.24) is 15.1 Å². The molecule has 7 heteroatoms. The number of methoxy groups -OCH3 is 1. The summed E-state index contributed by atoms with van der Waals surface area (Å²) < 4.78 is 9.56. The Morgan fingerprint density at radius 3 is 2.75 bits per heavy atom. The van der Waals surface area contributed by atoms with E-state index in [4.69, 9.17) is 4.52 Å². The zero-order valence-electron chi connectivity index (χ0n) is 11.6. The van der Waals surface area contributed by atoms with Crippen molar-refractivity contribution in [3.8, 4) is 0 Å². The molecule has 0 aliphatic carbocycles. The summed E-state index contributed by atoms with van der Waals surface area (Å²) in [6, 6.07) is 3.43. The van der Waals surface area contributed by atoms with Gasteiger partial charge in [0.05, 0.1) is 18.4 Å². The Bertz CT molecular complexity index is 609. The molecule has 0 spiro atoms. The predicted octanol–water partition coefficient (Wildman–Crippen LogP) is 1.52. The molecular formula is C13H16N4O3. The molecule has 0 aliphatic heterocycles. The first-order chi connectivity index (χ1) is 9.60. The minimum Gasteiger partial charge on any atom is -0.465 e. The minimum absolute atomic E-state index is 0.385. The van der Waals surface area contributed by atoms with E-state index in [1.807, 2.05) is 0 Å². The molecule has 7 nitrogen and oxygen atoms in total. The third kappa shape index (κ3) is 3.31. The Morgan fingerprint density at radius 2 is 2.15 bits per heavy atom. The molecule has 106 valence electrons. The lowest BCUT2D eigenvalue weighted by Crippen LogP contribution is -2.10. The Labute approximate surface area is 116 Å². The zero-order valence-corrected chi connectivity index (χ0v) is 11.6. The molecule has 2 rings (SSSR count). The Morgan fingerprint density at radius 1 is 1.35 bits per heavy atom. The highest BCUT2D eigenvalue weighted by Gasteiger charge is 2.10. The fourth-order valence-electron chi connectivity index (χ4n) is 1.73. The van der Waals surface area contributed by atoms with Crippen molar-refractivity contribution < 1.29 is 14.1 Å². The lowest BCUT2D eigenvalue weighted by molar-refractivity contribution is 0.0599. The van der Waals surface area contributed by atoms with Gasteiger partial charge < -0.3 is 14.6 Å². The summed E-state index contributed by atoms with van der Waals surface area (Å²) in [5, 5.41) is 6.95. The summed E-state index contributed by atoms with van der Waals surface area (Å²) in [7, 11) is 1.35. The highest BCUT2D eigenvalue weighted by molar-refractivity contribution is 5.90. The molecule has 2 aromatic heterocycles. The van der Waals surface area contributed by atoms with Crippen molar-refractivity contribution in [2.75, 3.05) is 19.0 Å². The van der Waals surface area contributed by atoms with Gasteiger partial charge in [0.1, 0.15) is 5.82 Å². The van der Waals surface area contributed by atoms with Gasteiger partial charge in [0.25, 0.3) is 0 Å². The second-order valence-electron chi connectivity index (χ2n) is 4.23. The summed E-state index contributed by atoms with van der Waals surface area (Å²) in [6.07, 6.45) is 0.636. The summed E-state index contributed by atoms with van der Waals surface area (Å²) in [6.45, 7) is 4.14. The van der Waals surface area contributed by atoms with Gasteiger partial charge in [-0.1, -0.05) is 5.16 Å². The summed E-state index contributed by atoms with van der Waals surface area (Å²) in [4.78, 5) is 19.8. The number of aromatic nitrogens is 3. The molecule has 0 saturated heterocycles. The van der Waals surface area contributed by atoms with Gasteiger partial charge in [-0.3, -0.25) is 0 Å². The number of ether oxygens (including phenoxy) is 1. The Kier molecular flexibility index (Phi) is 4.29. The van der Waals surface area contributed by atoms with Gasteiger partial charge >= 0.3 is 5.97 Å². The molecule has 0 amide bonds. The highest BCUT2D eigenvalue weighted by atomic mass is 16.5. The van der Waals surface area contributed by atoms with Crippen LogP contribution in [-0.2, 0) is 11.2 Å². The maximum absolute atomic E-state index is 11.4. The number of esters is 1. The largest absolute Gasteiger partial charge is 0.465 e. The number of carbonyl (C=O) groups excluding carboxylic acids is 1. The van der Waals surface area contributed by atoms with Gasteiger partial charge in [-0.2, -0.15) is 4.98 Å². The maximum atomic E-state index is 11.4. The number of nitrogens with one attached hydrogen (secondary N) is 1. The van der Waals surface area contributed by atoms with E-state index in [2.05, 4.69) is 25.2 Å². The normalized spacial score (nSPS) is 10.3. The molecular weight excluding hydrogens is 260 g/mol. The second-order valence-corrected chi connectivity index (χ2v) is 4.23. The number of carbonyl (C=O) groups is 1. The summed E-state index contributed by atoms with van der Waals surface area (Å²) >= 11 is 0. The van der Waals surface area contributed by atoms with Crippen molar-refractivity contribution in [3.05, 3.63) is 35.1 Å². The van der Waals surface area contributed by atoms with Gasteiger partial charge in [-0.05, 0) is 19.1 Å². The number of anilines is 1. The van der Waals surface area contributed by atoms with Gasteiger partial charge in [0, 0.05) is 19.9 Å². The van der Waals surface area contributed by atoms with Crippen LogP contribution in [0, 0.1) is 13.8 Å². The number of hydrogen-bond acceptors (Lipinski definition) is 7. The number of rotatable bonds is 5. The molecule has 0 aromatic carbocycles. The summed E-state index contributed by atoms with van der Waals surface area (Å²) in [5.41, 5.74) is 1.09. The van der Waals surface area contributed by atoms with E-state index in [1.165, 1.54) is 7.11 Å². The van der Waals surface area contributed by atoms with E-state index < -0.39 is 0 Å². The zero-order chi connectivity index (χ0) is 14.5. The Hall–Kier alpha value is -2.44. The monoisotopic (exact) mass is 276 g/mol. The van der Waals surface area contributed by atoms with E-state index >= 15 is 0 Å². The van der Waals surface area contributed by atoms with Crippen LogP contribution in [-0.4, -0.2) is 34.7 Å².